The van der Waals surface area contributed by atoms with E-state index in [9.17, 15) is 0 Å². The van der Waals surface area contributed by atoms with Crippen molar-refractivity contribution in [3.63, 3.8) is 0 Å². The van der Waals surface area contributed by atoms with Crippen molar-refractivity contribution in [3.05, 3.63) is 24.3 Å². The van der Waals surface area contributed by atoms with E-state index < -0.39 is 0 Å². The molecule has 2 heterocycles. The van der Waals surface area contributed by atoms with Crippen LogP contribution in [0.4, 0.5) is 0 Å². The number of para-hydroxylation sites is 2. The van der Waals surface area contributed by atoms with Crippen molar-refractivity contribution < 1.29 is 9.15 Å². The van der Waals surface area contributed by atoms with Crippen LogP contribution in [0.25, 0.3) is 11.1 Å². The molecule has 1 aromatic heterocycles. The number of nitrogens with zero attached hydrogens (tertiary/aromatic N) is 1. The molecule has 0 spiro atoms. The van der Waals surface area contributed by atoms with Gasteiger partial charge in [-0.1, -0.05) is 30.8 Å². The average molecular weight is 306 g/mol. The van der Waals surface area contributed by atoms with E-state index in [0.717, 1.165) is 54.7 Å². The Kier molecular flexibility index (Phi) is 5.17. The second kappa shape index (κ2) is 7.29. The molecule has 2 atom stereocenters. The highest BCUT2D eigenvalue weighted by molar-refractivity contribution is 7.99. The minimum absolute atomic E-state index is 0.465. The van der Waals surface area contributed by atoms with Gasteiger partial charge in [-0.25, -0.2) is 4.98 Å². The monoisotopic (exact) mass is 306 g/mol. The Hall–Kier alpha value is -1.04. The number of aromatic nitrogens is 1. The fourth-order valence-corrected chi connectivity index (χ4v) is 3.66. The maximum absolute atomic E-state index is 5.78. The summed E-state index contributed by atoms with van der Waals surface area (Å²) in [5, 5.41) is 4.41. The second-order valence-corrected chi connectivity index (χ2v) is 6.41. The first kappa shape index (κ1) is 14.9. The van der Waals surface area contributed by atoms with Gasteiger partial charge in [0.1, 0.15) is 5.52 Å². The Morgan fingerprint density at radius 1 is 1.43 bits per heavy atom. The minimum atomic E-state index is 0.465. The maximum atomic E-state index is 5.78. The standard InChI is InChI=1S/C16H22N2O2S/c1-2-8-17-14(12-7-9-19-10-12)11-21-16-18-13-5-3-4-6-15(13)20-16/h3-6,12,14,17H,2,7-11H2,1H3. The molecule has 114 valence electrons. The van der Waals surface area contributed by atoms with Crippen molar-refractivity contribution in [2.45, 2.75) is 31.0 Å². The number of benzene rings is 1. The number of rotatable bonds is 7. The largest absolute Gasteiger partial charge is 0.431 e. The van der Waals surface area contributed by atoms with E-state index in [4.69, 9.17) is 9.15 Å². The summed E-state index contributed by atoms with van der Waals surface area (Å²) < 4.78 is 11.3. The molecule has 3 rings (SSSR count). The highest BCUT2D eigenvalue weighted by atomic mass is 32.2. The van der Waals surface area contributed by atoms with Crippen LogP contribution in [0.15, 0.2) is 33.9 Å². The van der Waals surface area contributed by atoms with E-state index in [1.165, 1.54) is 0 Å². The third kappa shape index (κ3) is 3.78. The van der Waals surface area contributed by atoms with Gasteiger partial charge < -0.3 is 14.5 Å². The summed E-state index contributed by atoms with van der Waals surface area (Å²) in [5.41, 5.74) is 1.80. The lowest BCUT2D eigenvalue weighted by atomic mass is 10.0. The molecule has 1 N–H and O–H groups in total. The number of hydrogen-bond donors (Lipinski definition) is 1. The lowest BCUT2D eigenvalue weighted by molar-refractivity contribution is 0.179. The SMILES string of the molecule is CCCNC(CSc1nc2ccccc2o1)C1CCOC1. The lowest BCUT2D eigenvalue weighted by Crippen LogP contribution is -2.39. The van der Waals surface area contributed by atoms with Crippen molar-refractivity contribution in [1.82, 2.24) is 10.3 Å². The Morgan fingerprint density at radius 2 is 2.33 bits per heavy atom. The first-order chi connectivity index (χ1) is 10.4. The summed E-state index contributed by atoms with van der Waals surface area (Å²) in [7, 11) is 0. The van der Waals surface area contributed by atoms with E-state index in [-0.39, 0.29) is 0 Å². The quantitative estimate of drug-likeness (QED) is 0.795. The Labute approximate surface area is 129 Å². The first-order valence-electron chi connectivity index (χ1n) is 7.66. The molecule has 1 aliphatic heterocycles. The topological polar surface area (TPSA) is 47.3 Å². The van der Waals surface area contributed by atoms with Crippen LogP contribution in [0.1, 0.15) is 19.8 Å². The number of nitrogens with one attached hydrogen (secondary N) is 1. The van der Waals surface area contributed by atoms with Crippen LogP contribution in [0, 0.1) is 5.92 Å². The summed E-state index contributed by atoms with van der Waals surface area (Å²) in [5.74, 6) is 1.58. The molecule has 1 aromatic carbocycles. The predicted octanol–water partition coefficient (Wildman–Crippen LogP) is 3.32. The van der Waals surface area contributed by atoms with E-state index >= 15 is 0 Å². The van der Waals surface area contributed by atoms with Crippen LogP contribution >= 0.6 is 11.8 Å². The van der Waals surface area contributed by atoms with Gasteiger partial charge in [0.2, 0.25) is 0 Å². The fourth-order valence-electron chi connectivity index (χ4n) is 2.64. The van der Waals surface area contributed by atoms with Crippen molar-refractivity contribution >= 4 is 22.9 Å². The van der Waals surface area contributed by atoms with Crippen molar-refractivity contribution in [2.24, 2.45) is 5.92 Å². The Bertz CT molecular complexity index is 533. The molecule has 2 aromatic rings. The van der Waals surface area contributed by atoms with Crippen LogP contribution < -0.4 is 5.32 Å². The summed E-state index contributed by atoms with van der Waals surface area (Å²) in [4.78, 5) is 4.53. The van der Waals surface area contributed by atoms with E-state index in [2.05, 4.69) is 17.2 Å². The van der Waals surface area contributed by atoms with Crippen molar-refractivity contribution in [2.75, 3.05) is 25.5 Å². The normalized spacial score (nSPS) is 20.1. The van der Waals surface area contributed by atoms with Gasteiger partial charge in [-0.3, -0.25) is 0 Å². The van der Waals surface area contributed by atoms with E-state index in [1.807, 2.05) is 24.3 Å². The van der Waals surface area contributed by atoms with Crippen LogP contribution in [0.5, 0.6) is 0 Å². The highest BCUT2D eigenvalue weighted by Gasteiger charge is 2.25. The molecule has 0 radical (unpaired) electrons. The zero-order valence-corrected chi connectivity index (χ0v) is 13.2. The van der Waals surface area contributed by atoms with Crippen LogP contribution in [0.3, 0.4) is 0 Å². The average Bonchev–Trinajstić information content (AvgIpc) is 3.16. The number of ether oxygens (including phenoxy) is 1. The van der Waals surface area contributed by atoms with Gasteiger partial charge in [-0.15, -0.1) is 0 Å². The summed E-state index contributed by atoms with van der Waals surface area (Å²) >= 11 is 1.70. The number of thioether (sulfide) groups is 1. The van der Waals surface area contributed by atoms with Gasteiger partial charge in [-0.2, -0.15) is 0 Å². The smallest absolute Gasteiger partial charge is 0.256 e. The summed E-state index contributed by atoms with van der Waals surface area (Å²) in [6.07, 6.45) is 2.30. The second-order valence-electron chi connectivity index (χ2n) is 5.44. The fraction of sp³-hybridized carbons (Fsp3) is 0.562. The molecule has 1 aliphatic rings. The highest BCUT2D eigenvalue weighted by Crippen LogP contribution is 2.26. The molecule has 0 saturated carbocycles. The number of oxazole rings is 1. The summed E-state index contributed by atoms with van der Waals surface area (Å²) in [6, 6.07) is 8.38. The molecule has 0 amide bonds. The zero-order valence-electron chi connectivity index (χ0n) is 12.4. The maximum Gasteiger partial charge on any atom is 0.256 e. The lowest BCUT2D eigenvalue weighted by Gasteiger charge is -2.22. The molecule has 1 saturated heterocycles. The van der Waals surface area contributed by atoms with Crippen molar-refractivity contribution in [1.29, 1.82) is 0 Å². The zero-order chi connectivity index (χ0) is 14.5. The molecule has 0 bridgehead atoms. The number of hydrogen-bond acceptors (Lipinski definition) is 5. The molecule has 5 heteroatoms. The molecule has 0 aliphatic carbocycles. The molecular formula is C16H22N2O2S. The van der Waals surface area contributed by atoms with Crippen molar-refractivity contribution in [3.8, 4) is 0 Å². The van der Waals surface area contributed by atoms with E-state index in [0.29, 0.717) is 12.0 Å². The van der Waals surface area contributed by atoms with Crippen LogP contribution in [0.2, 0.25) is 0 Å². The van der Waals surface area contributed by atoms with Gasteiger partial charge in [-0.05, 0) is 31.5 Å². The van der Waals surface area contributed by atoms with Crippen LogP contribution in [-0.2, 0) is 4.74 Å². The first-order valence-corrected chi connectivity index (χ1v) is 8.65. The molecule has 21 heavy (non-hydrogen) atoms. The van der Waals surface area contributed by atoms with Gasteiger partial charge in [0.15, 0.2) is 5.58 Å². The van der Waals surface area contributed by atoms with E-state index in [1.54, 1.807) is 11.8 Å². The van der Waals surface area contributed by atoms with Gasteiger partial charge in [0, 0.05) is 24.3 Å². The van der Waals surface area contributed by atoms with Crippen LogP contribution in [-0.4, -0.2) is 36.5 Å². The Balaban J connectivity index is 1.62. The van der Waals surface area contributed by atoms with Gasteiger partial charge in [0.25, 0.3) is 5.22 Å². The molecule has 2 unspecified atom stereocenters. The van der Waals surface area contributed by atoms with Gasteiger partial charge in [0.05, 0.1) is 6.61 Å². The third-order valence-corrected chi connectivity index (χ3v) is 4.80. The third-order valence-electron chi connectivity index (χ3n) is 3.85. The molecule has 1 fully saturated rings. The predicted molar refractivity (Wildman–Crippen MR) is 85.7 cm³/mol. The number of fused-ring (bicyclic) bond motifs is 1. The molecule has 4 nitrogen and oxygen atoms in total. The molecular weight excluding hydrogens is 284 g/mol. The van der Waals surface area contributed by atoms with Gasteiger partial charge >= 0.3 is 0 Å². The Morgan fingerprint density at radius 3 is 3.10 bits per heavy atom. The minimum Gasteiger partial charge on any atom is -0.431 e. The summed E-state index contributed by atoms with van der Waals surface area (Å²) in [6.45, 7) is 5.01.